The molecular formula is C13H12ClN3O3. The second-order valence-corrected chi connectivity index (χ2v) is 4.38. The van der Waals surface area contributed by atoms with E-state index in [2.05, 4.69) is 15.3 Å². The number of rotatable bonds is 4. The number of aryl methyl sites for hydroxylation is 1. The summed E-state index contributed by atoms with van der Waals surface area (Å²) in [5.74, 6) is -0.227. The largest absolute Gasteiger partial charge is 0.495 e. The van der Waals surface area contributed by atoms with Crippen LogP contribution in [0.4, 0.5) is 11.6 Å². The first-order chi connectivity index (χ1) is 9.51. The quantitative estimate of drug-likeness (QED) is 0.901. The van der Waals surface area contributed by atoms with Crippen LogP contribution < -0.4 is 10.1 Å². The van der Waals surface area contributed by atoms with E-state index in [9.17, 15) is 4.79 Å². The number of nitrogens with one attached hydrogen (secondary N) is 1. The molecule has 2 aromatic rings. The van der Waals surface area contributed by atoms with E-state index in [-0.39, 0.29) is 5.56 Å². The molecule has 0 radical (unpaired) electrons. The number of carbonyl (C=O) groups is 1. The lowest BCUT2D eigenvalue weighted by atomic mass is 10.2. The Morgan fingerprint density at radius 2 is 2.20 bits per heavy atom. The maximum absolute atomic E-state index is 10.9. The highest BCUT2D eigenvalue weighted by Crippen LogP contribution is 2.28. The molecule has 1 aromatic carbocycles. The molecule has 6 nitrogen and oxygen atoms in total. The van der Waals surface area contributed by atoms with Gasteiger partial charge >= 0.3 is 5.97 Å². The lowest BCUT2D eigenvalue weighted by molar-refractivity contribution is 0.0695. The number of carboxylic acid groups (broad SMARTS) is 1. The van der Waals surface area contributed by atoms with Crippen molar-refractivity contribution in [2.24, 2.45) is 0 Å². The molecule has 0 spiro atoms. The first-order valence-corrected chi connectivity index (χ1v) is 6.06. The van der Waals surface area contributed by atoms with E-state index in [4.69, 9.17) is 21.4 Å². The molecule has 0 amide bonds. The zero-order valence-electron chi connectivity index (χ0n) is 10.8. The number of ether oxygens (including phenoxy) is 1. The van der Waals surface area contributed by atoms with Crippen LogP contribution in [-0.2, 0) is 0 Å². The molecule has 0 aliphatic heterocycles. The van der Waals surface area contributed by atoms with Gasteiger partial charge in [0.25, 0.3) is 0 Å². The Labute approximate surface area is 120 Å². The summed E-state index contributed by atoms with van der Waals surface area (Å²) in [6, 6.07) is 5.13. The van der Waals surface area contributed by atoms with Crippen molar-refractivity contribution in [3.63, 3.8) is 0 Å². The monoisotopic (exact) mass is 293 g/mol. The van der Waals surface area contributed by atoms with E-state index in [1.807, 2.05) is 0 Å². The molecule has 20 heavy (non-hydrogen) atoms. The Balaban J connectivity index is 2.26. The molecule has 0 aliphatic rings. The fraction of sp³-hybridized carbons (Fsp3) is 0.154. The van der Waals surface area contributed by atoms with Gasteiger partial charge in [-0.2, -0.15) is 0 Å². The summed E-state index contributed by atoms with van der Waals surface area (Å²) in [6.07, 6.45) is 1.26. The van der Waals surface area contributed by atoms with Gasteiger partial charge in [-0.05, 0) is 19.1 Å². The standard InChI is InChI=1S/C13H12ClN3O3/c1-7-9(12(18)19)6-15-13(16-7)17-8-3-4-10(14)11(5-8)20-2/h3-6H,1-2H3,(H,18,19)(H,15,16,17). The highest BCUT2D eigenvalue weighted by molar-refractivity contribution is 6.32. The van der Waals surface area contributed by atoms with Gasteiger partial charge in [-0.25, -0.2) is 14.8 Å². The number of halogens is 1. The Kier molecular flexibility index (Phi) is 4.05. The summed E-state index contributed by atoms with van der Waals surface area (Å²) in [5.41, 5.74) is 1.15. The SMILES string of the molecule is COc1cc(Nc2ncc(C(=O)O)c(C)n2)ccc1Cl. The zero-order chi connectivity index (χ0) is 14.7. The van der Waals surface area contributed by atoms with E-state index in [0.717, 1.165) is 0 Å². The number of aromatic carboxylic acids is 1. The highest BCUT2D eigenvalue weighted by Gasteiger charge is 2.10. The van der Waals surface area contributed by atoms with Crippen molar-refractivity contribution in [3.8, 4) is 5.75 Å². The van der Waals surface area contributed by atoms with Crippen molar-refractivity contribution in [3.05, 3.63) is 40.7 Å². The summed E-state index contributed by atoms with van der Waals surface area (Å²) in [5, 5.41) is 12.4. The minimum absolute atomic E-state index is 0.0734. The van der Waals surface area contributed by atoms with E-state index < -0.39 is 5.97 Å². The summed E-state index contributed by atoms with van der Waals surface area (Å²) in [6.45, 7) is 1.61. The van der Waals surface area contributed by atoms with Crippen LogP contribution in [0.5, 0.6) is 5.75 Å². The molecule has 0 saturated heterocycles. The first kappa shape index (κ1) is 14.1. The number of nitrogens with zero attached hydrogens (tertiary/aromatic N) is 2. The Morgan fingerprint density at radius 3 is 2.80 bits per heavy atom. The normalized spacial score (nSPS) is 10.2. The van der Waals surface area contributed by atoms with Gasteiger partial charge in [0.2, 0.25) is 5.95 Å². The molecule has 1 heterocycles. The average Bonchev–Trinajstić information content (AvgIpc) is 2.40. The van der Waals surface area contributed by atoms with Gasteiger partial charge in [0.15, 0.2) is 0 Å². The second-order valence-electron chi connectivity index (χ2n) is 3.97. The van der Waals surface area contributed by atoms with Gasteiger partial charge in [-0.15, -0.1) is 0 Å². The van der Waals surface area contributed by atoms with Crippen molar-refractivity contribution < 1.29 is 14.6 Å². The number of hydrogen-bond acceptors (Lipinski definition) is 5. The average molecular weight is 294 g/mol. The van der Waals surface area contributed by atoms with Crippen LogP contribution in [-0.4, -0.2) is 28.2 Å². The van der Waals surface area contributed by atoms with Crippen LogP contribution in [0.1, 0.15) is 16.1 Å². The topological polar surface area (TPSA) is 84.3 Å². The molecule has 7 heteroatoms. The van der Waals surface area contributed by atoms with Crippen LogP contribution in [0.2, 0.25) is 5.02 Å². The fourth-order valence-corrected chi connectivity index (χ4v) is 1.80. The van der Waals surface area contributed by atoms with Gasteiger partial charge in [-0.1, -0.05) is 11.6 Å². The Bertz CT molecular complexity index is 661. The number of benzene rings is 1. The molecule has 0 atom stereocenters. The third kappa shape index (κ3) is 2.97. The van der Waals surface area contributed by atoms with Crippen molar-refractivity contribution in [2.75, 3.05) is 12.4 Å². The predicted molar refractivity (Wildman–Crippen MR) is 75.0 cm³/mol. The fourth-order valence-electron chi connectivity index (χ4n) is 1.60. The highest BCUT2D eigenvalue weighted by atomic mass is 35.5. The minimum Gasteiger partial charge on any atom is -0.495 e. The third-order valence-corrected chi connectivity index (χ3v) is 2.93. The number of carboxylic acids is 1. The number of aromatic nitrogens is 2. The Morgan fingerprint density at radius 1 is 1.45 bits per heavy atom. The predicted octanol–water partition coefficient (Wildman–Crippen LogP) is 2.89. The van der Waals surface area contributed by atoms with Gasteiger partial charge < -0.3 is 15.2 Å². The Hall–Kier alpha value is -2.34. The molecule has 0 bridgehead atoms. The third-order valence-electron chi connectivity index (χ3n) is 2.62. The van der Waals surface area contributed by atoms with Gasteiger partial charge in [0.1, 0.15) is 5.75 Å². The summed E-state index contributed by atoms with van der Waals surface area (Å²) < 4.78 is 5.11. The first-order valence-electron chi connectivity index (χ1n) is 5.68. The van der Waals surface area contributed by atoms with Crippen LogP contribution in [0.15, 0.2) is 24.4 Å². The summed E-state index contributed by atoms with van der Waals surface area (Å²) >= 11 is 5.93. The molecule has 0 unspecified atom stereocenters. The van der Waals surface area contributed by atoms with Gasteiger partial charge in [-0.3, -0.25) is 0 Å². The van der Waals surface area contributed by atoms with E-state index in [0.29, 0.717) is 28.1 Å². The number of anilines is 2. The molecule has 0 fully saturated rings. The maximum atomic E-state index is 10.9. The maximum Gasteiger partial charge on any atom is 0.339 e. The number of hydrogen-bond donors (Lipinski definition) is 2. The molecule has 2 rings (SSSR count). The molecule has 104 valence electrons. The molecule has 1 aromatic heterocycles. The van der Waals surface area contributed by atoms with E-state index in [1.54, 1.807) is 25.1 Å². The second kappa shape index (κ2) is 5.75. The summed E-state index contributed by atoms with van der Waals surface area (Å²) in [7, 11) is 1.52. The molecular weight excluding hydrogens is 282 g/mol. The van der Waals surface area contributed by atoms with Crippen molar-refractivity contribution in [1.29, 1.82) is 0 Å². The number of methoxy groups -OCH3 is 1. The van der Waals surface area contributed by atoms with Crippen LogP contribution in [0, 0.1) is 6.92 Å². The van der Waals surface area contributed by atoms with E-state index in [1.165, 1.54) is 13.3 Å². The smallest absolute Gasteiger partial charge is 0.339 e. The van der Waals surface area contributed by atoms with Crippen molar-refractivity contribution in [1.82, 2.24) is 9.97 Å². The van der Waals surface area contributed by atoms with E-state index >= 15 is 0 Å². The lowest BCUT2D eigenvalue weighted by Gasteiger charge is -2.09. The summed E-state index contributed by atoms with van der Waals surface area (Å²) in [4.78, 5) is 18.9. The zero-order valence-corrected chi connectivity index (χ0v) is 11.6. The van der Waals surface area contributed by atoms with Crippen molar-refractivity contribution >= 4 is 29.2 Å². The van der Waals surface area contributed by atoms with Gasteiger partial charge in [0, 0.05) is 18.0 Å². The lowest BCUT2D eigenvalue weighted by Crippen LogP contribution is -2.06. The van der Waals surface area contributed by atoms with Gasteiger partial charge in [0.05, 0.1) is 23.4 Å². The molecule has 0 aliphatic carbocycles. The van der Waals surface area contributed by atoms with Crippen molar-refractivity contribution in [2.45, 2.75) is 6.92 Å². The molecule has 2 N–H and O–H groups in total. The molecule has 0 saturated carbocycles. The van der Waals surface area contributed by atoms with Crippen LogP contribution >= 0.6 is 11.6 Å². The minimum atomic E-state index is -1.05. The van der Waals surface area contributed by atoms with Crippen LogP contribution in [0.3, 0.4) is 0 Å². The van der Waals surface area contributed by atoms with Crippen LogP contribution in [0.25, 0.3) is 0 Å².